The van der Waals surface area contributed by atoms with Crippen LogP contribution in [-0.2, 0) is 9.59 Å². The second-order valence-electron chi connectivity index (χ2n) is 1.77. The first-order valence-electron chi connectivity index (χ1n) is 2.92. The Morgan fingerprint density at radius 3 is 2.40 bits per heavy atom. The van der Waals surface area contributed by atoms with Crippen LogP contribution < -0.4 is 16.6 Å². The van der Waals surface area contributed by atoms with Crippen molar-refractivity contribution in [3.05, 3.63) is 0 Å². The zero-order valence-electron chi connectivity index (χ0n) is 5.81. The van der Waals surface area contributed by atoms with Crippen LogP contribution in [0.5, 0.6) is 0 Å². The summed E-state index contributed by atoms with van der Waals surface area (Å²) >= 11 is 0. The van der Waals surface area contributed by atoms with Crippen LogP contribution in [0.1, 0.15) is 13.3 Å². The minimum atomic E-state index is -0.301. The van der Waals surface area contributed by atoms with Crippen LogP contribution in [0.15, 0.2) is 0 Å². The molecule has 58 valence electrons. The lowest BCUT2D eigenvalue weighted by atomic mass is 10.4. The van der Waals surface area contributed by atoms with E-state index in [-0.39, 0.29) is 24.8 Å². The number of hydrazine groups is 1. The normalized spacial score (nSPS) is 8.60. The van der Waals surface area contributed by atoms with E-state index in [9.17, 15) is 9.59 Å². The minimum Gasteiger partial charge on any atom is -0.330 e. The van der Waals surface area contributed by atoms with Gasteiger partial charge in [-0.2, -0.15) is 0 Å². The number of hydrogen-bond acceptors (Lipinski definition) is 3. The minimum absolute atomic E-state index is 0.222. The molecule has 0 saturated carbocycles. The second-order valence-corrected chi connectivity index (χ2v) is 1.77. The fraction of sp³-hybridized carbons (Fsp3) is 0.600. The summed E-state index contributed by atoms with van der Waals surface area (Å²) in [4.78, 5) is 20.7. The first-order valence-corrected chi connectivity index (χ1v) is 2.92. The summed E-state index contributed by atoms with van der Waals surface area (Å²) in [5, 5.41) is 0. The molecule has 0 fully saturated rings. The van der Waals surface area contributed by atoms with Gasteiger partial charge >= 0.3 is 0 Å². The SMILES string of the molecule is CC(=O)NNC(=O)CCN. The van der Waals surface area contributed by atoms with Crippen LogP contribution in [0.25, 0.3) is 0 Å². The molecule has 5 nitrogen and oxygen atoms in total. The van der Waals surface area contributed by atoms with Crippen molar-refractivity contribution in [3.63, 3.8) is 0 Å². The number of carbonyl (C=O) groups excluding carboxylic acids is 2. The van der Waals surface area contributed by atoms with E-state index in [0.717, 1.165) is 0 Å². The van der Waals surface area contributed by atoms with E-state index in [4.69, 9.17) is 5.73 Å². The Labute approximate surface area is 58.9 Å². The highest BCUT2D eigenvalue weighted by Gasteiger charge is 1.97. The van der Waals surface area contributed by atoms with Crippen LogP contribution in [-0.4, -0.2) is 18.4 Å². The van der Waals surface area contributed by atoms with E-state index in [1.165, 1.54) is 6.92 Å². The highest BCUT2D eigenvalue weighted by atomic mass is 16.2. The second kappa shape index (κ2) is 4.75. The topological polar surface area (TPSA) is 84.2 Å². The lowest BCUT2D eigenvalue weighted by molar-refractivity contribution is -0.127. The fourth-order valence-electron chi connectivity index (χ4n) is 0.351. The van der Waals surface area contributed by atoms with Gasteiger partial charge in [0.1, 0.15) is 0 Å². The van der Waals surface area contributed by atoms with Gasteiger partial charge in [0.25, 0.3) is 0 Å². The molecule has 0 radical (unpaired) electrons. The summed E-state index contributed by atoms with van der Waals surface area (Å²) in [6.07, 6.45) is 0.222. The van der Waals surface area contributed by atoms with Gasteiger partial charge in [-0.3, -0.25) is 20.4 Å². The third kappa shape index (κ3) is 5.04. The van der Waals surface area contributed by atoms with Gasteiger partial charge in [-0.1, -0.05) is 0 Å². The van der Waals surface area contributed by atoms with Gasteiger partial charge in [0.2, 0.25) is 11.8 Å². The van der Waals surface area contributed by atoms with Crippen molar-refractivity contribution < 1.29 is 9.59 Å². The van der Waals surface area contributed by atoms with Crippen molar-refractivity contribution in [2.24, 2.45) is 5.73 Å². The molecule has 5 heteroatoms. The molecule has 0 spiro atoms. The molecular weight excluding hydrogens is 134 g/mol. The molecule has 0 atom stereocenters. The van der Waals surface area contributed by atoms with E-state index in [1.54, 1.807) is 0 Å². The van der Waals surface area contributed by atoms with E-state index in [0.29, 0.717) is 0 Å². The molecule has 0 aliphatic heterocycles. The Morgan fingerprint density at radius 2 is 2.00 bits per heavy atom. The fourth-order valence-corrected chi connectivity index (χ4v) is 0.351. The number of rotatable bonds is 2. The lowest BCUT2D eigenvalue weighted by Crippen LogP contribution is -2.40. The zero-order valence-corrected chi connectivity index (χ0v) is 5.81. The van der Waals surface area contributed by atoms with Crippen LogP contribution in [0.4, 0.5) is 0 Å². The monoisotopic (exact) mass is 145 g/mol. The molecule has 0 aromatic rings. The zero-order chi connectivity index (χ0) is 7.98. The Hall–Kier alpha value is -1.10. The Kier molecular flexibility index (Phi) is 4.23. The van der Waals surface area contributed by atoms with E-state index >= 15 is 0 Å². The largest absolute Gasteiger partial charge is 0.330 e. The van der Waals surface area contributed by atoms with E-state index < -0.39 is 0 Å². The van der Waals surface area contributed by atoms with Gasteiger partial charge in [-0.15, -0.1) is 0 Å². The van der Waals surface area contributed by atoms with Gasteiger partial charge < -0.3 is 5.73 Å². The molecule has 0 heterocycles. The van der Waals surface area contributed by atoms with Gasteiger partial charge in [-0.25, -0.2) is 0 Å². The summed E-state index contributed by atoms with van der Waals surface area (Å²) < 4.78 is 0. The third-order valence-corrected chi connectivity index (χ3v) is 0.749. The molecule has 0 aliphatic carbocycles. The average molecular weight is 145 g/mol. The molecule has 0 aromatic carbocycles. The molecule has 0 unspecified atom stereocenters. The van der Waals surface area contributed by atoms with E-state index in [2.05, 4.69) is 10.9 Å². The van der Waals surface area contributed by atoms with Crippen molar-refractivity contribution >= 4 is 11.8 Å². The Balaban J connectivity index is 3.30. The number of carbonyl (C=O) groups is 2. The van der Waals surface area contributed by atoms with Crippen LogP contribution >= 0.6 is 0 Å². The first-order chi connectivity index (χ1) is 4.66. The smallest absolute Gasteiger partial charge is 0.239 e. The van der Waals surface area contributed by atoms with E-state index in [1.807, 2.05) is 0 Å². The molecule has 0 bridgehead atoms. The van der Waals surface area contributed by atoms with Crippen LogP contribution in [0.2, 0.25) is 0 Å². The maximum absolute atomic E-state index is 10.5. The highest BCUT2D eigenvalue weighted by Crippen LogP contribution is 1.70. The molecule has 0 aromatic heterocycles. The summed E-state index contributed by atoms with van der Waals surface area (Å²) in [5.74, 6) is -0.580. The molecule has 10 heavy (non-hydrogen) atoms. The number of nitrogens with two attached hydrogens (primary N) is 1. The summed E-state index contributed by atoms with van der Waals surface area (Å²) in [6.45, 7) is 1.59. The van der Waals surface area contributed by atoms with Crippen LogP contribution in [0, 0.1) is 0 Å². The highest BCUT2D eigenvalue weighted by molar-refractivity contribution is 5.80. The Bertz CT molecular complexity index is 135. The van der Waals surface area contributed by atoms with Crippen LogP contribution in [0.3, 0.4) is 0 Å². The maximum Gasteiger partial charge on any atom is 0.239 e. The molecule has 0 saturated heterocycles. The summed E-state index contributed by atoms with van der Waals surface area (Å²) in [5.41, 5.74) is 9.36. The lowest BCUT2D eigenvalue weighted by Gasteiger charge is -2.02. The third-order valence-electron chi connectivity index (χ3n) is 0.749. The van der Waals surface area contributed by atoms with Gasteiger partial charge in [-0.05, 0) is 0 Å². The first kappa shape index (κ1) is 8.90. The predicted octanol–water partition coefficient (Wildman–Crippen LogP) is -1.50. The predicted molar refractivity (Wildman–Crippen MR) is 35.6 cm³/mol. The van der Waals surface area contributed by atoms with Crippen molar-refractivity contribution in [2.75, 3.05) is 6.54 Å². The van der Waals surface area contributed by atoms with Crippen molar-refractivity contribution in [1.82, 2.24) is 10.9 Å². The van der Waals surface area contributed by atoms with Gasteiger partial charge in [0, 0.05) is 19.9 Å². The summed E-state index contributed by atoms with van der Waals surface area (Å²) in [7, 11) is 0. The average Bonchev–Trinajstić information content (AvgIpc) is 1.85. The summed E-state index contributed by atoms with van der Waals surface area (Å²) in [6, 6.07) is 0. The number of hydrogen-bond donors (Lipinski definition) is 3. The standard InChI is InChI=1S/C5H11N3O2/c1-4(9)7-8-5(10)2-3-6/h2-3,6H2,1H3,(H,7,9)(H,8,10). The molecule has 0 aliphatic rings. The number of amides is 2. The molecular formula is C5H11N3O2. The van der Waals surface area contributed by atoms with Crippen molar-refractivity contribution in [2.45, 2.75) is 13.3 Å². The van der Waals surface area contributed by atoms with Crippen molar-refractivity contribution in [3.8, 4) is 0 Å². The molecule has 0 rings (SSSR count). The maximum atomic E-state index is 10.5. The Morgan fingerprint density at radius 1 is 1.40 bits per heavy atom. The quantitative estimate of drug-likeness (QED) is 0.413. The molecule has 2 amide bonds. The van der Waals surface area contributed by atoms with Gasteiger partial charge in [0.05, 0.1) is 0 Å². The molecule has 4 N–H and O–H groups in total. The van der Waals surface area contributed by atoms with Crippen molar-refractivity contribution in [1.29, 1.82) is 0 Å². The number of nitrogens with one attached hydrogen (secondary N) is 2. The van der Waals surface area contributed by atoms with Gasteiger partial charge in [0.15, 0.2) is 0 Å².